The Hall–Kier alpha value is -3.39. The molecule has 0 aliphatic carbocycles. The number of methoxy groups -OCH3 is 1. The van der Waals surface area contributed by atoms with Crippen LogP contribution in [0.25, 0.3) is 11.4 Å². The summed E-state index contributed by atoms with van der Waals surface area (Å²) in [5.41, 5.74) is 3.35. The van der Waals surface area contributed by atoms with Gasteiger partial charge in [0, 0.05) is 31.0 Å². The topological polar surface area (TPSA) is 92.4 Å². The van der Waals surface area contributed by atoms with Crippen molar-refractivity contribution in [2.75, 3.05) is 43.6 Å². The molecule has 0 saturated carbocycles. The van der Waals surface area contributed by atoms with Crippen LogP contribution in [0.5, 0.6) is 5.75 Å². The maximum Gasteiger partial charge on any atom is 0.274 e. The molecule has 0 bridgehead atoms. The van der Waals surface area contributed by atoms with E-state index in [1.165, 1.54) is 0 Å². The molecular weight excluding hydrogens is 358 g/mol. The van der Waals surface area contributed by atoms with E-state index in [2.05, 4.69) is 25.4 Å². The molecule has 8 heteroatoms. The molecule has 144 valence electrons. The van der Waals surface area contributed by atoms with Crippen LogP contribution in [0.2, 0.25) is 0 Å². The summed E-state index contributed by atoms with van der Waals surface area (Å²) in [5.74, 6) is 0.292. The molecule has 28 heavy (non-hydrogen) atoms. The summed E-state index contributed by atoms with van der Waals surface area (Å²) < 4.78 is 10.9. The maximum atomic E-state index is 12.7. The molecule has 0 atom stereocenters. The number of H-pyrrole nitrogens is 1. The van der Waals surface area contributed by atoms with E-state index in [1.807, 2.05) is 24.3 Å². The third kappa shape index (κ3) is 3.81. The summed E-state index contributed by atoms with van der Waals surface area (Å²) in [4.78, 5) is 19.3. The van der Waals surface area contributed by atoms with Gasteiger partial charge in [-0.3, -0.25) is 9.89 Å². The normalized spacial score (nSPS) is 14.0. The Bertz CT molecular complexity index is 952. The van der Waals surface area contributed by atoms with Gasteiger partial charge in [0.05, 0.1) is 37.4 Å². The first-order chi connectivity index (χ1) is 13.7. The summed E-state index contributed by atoms with van der Waals surface area (Å²) in [6.07, 6.45) is 1.64. The monoisotopic (exact) mass is 379 g/mol. The van der Waals surface area contributed by atoms with Crippen LogP contribution >= 0.6 is 0 Å². The van der Waals surface area contributed by atoms with Crippen LogP contribution in [0, 0.1) is 0 Å². The van der Waals surface area contributed by atoms with Gasteiger partial charge in [-0.25, -0.2) is 4.98 Å². The molecule has 1 aliphatic heterocycles. The Kier molecular flexibility index (Phi) is 5.20. The van der Waals surface area contributed by atoms with Crippen LogP contribution in [0.4, 0.5) is 11.4 Å². The van der Waals surface area contributed by atoms with E-state index < -0.39 is 0 Å². The van der Waals surface area contributed by atoms with E-state index in [9.17, 15) is 4.79 Å². The number of carbonyl (C=O) groups is 1. The SMILES string of the molecule is COc1cc(N2CCOCC2)ccc1NC(=O)c1cccc(-c2ccn[nH]2)n1. The van der Waals surface area contributed by atoms with Gasteiger partial charge in [-0.1, -0.05) is 6.07 Å². The molecule has 1 fully saturated rings. The summed E-state index contributed by atoms with van der Waals surface area (Å²) in [6.45, 7) is 3.08. The molecule has 1 aromatic carbocycles. The lowest BCUT2D eigenvalue weighted by molar-refractivity contribution is 0.102. The van der Waals surface area contributed by atoms with E-state index in [-0.39, 0.29) is 5.91 Å². The van der Waals surface area contributed by atoms with Crippen molar-refractivity contribution >= 4 is 17.3 Å². The van der Waals surface area contributed by atoms with Crippen molar-refractivity contribution in [1.29, 1.82) is 0 Å². The van der Waals surface area contributed by atoms with Gasteiger partial charge in [-0.05, 0) is 30.3 Å². The second kappa shape index (κ2) is 8.10. The first-order valence-corrected chi connectivity index (χ1v) is 9.03. The average Bonchev–Trinajstić information content (AvgIpc) is 3.30. The summed E-state index contributed by atoms with van der Waals surface area (Å²) in [6, 6.07) is 12.8. The Balaban J connectivity index is 1.53. The Morgan fingerprint density at radius 3 is 2.82 bits per heavy atom. The number of pyridine rings is 1. The number of nitrogens with one attached hydrogen (secondary N) is 2. The van der Waals surface area contributed by atoms with E-state index in [1.54, 1.807) is 31.5 Å². The van der Waals surface area contributed by atoms with Crippen molar-refractivity contribution in [3.8, 4) is 17.1 Å². The van der Waals surface area contributed by atoms with Crippen LogP contribution in [-0.4, -0.2) is 54.5 Å². The molecule has 2 N–H and O–H groups in total. The fourth-order valence-corrected chi connectivity index (χ4v) is 3.10. The van der Waals surface area contributed by atoms with Crippen LogP contribution in [0.3, 0.4) is 0 Å². The molecule has 3 aromatic rings. The third-order valence-electron chi connectivity index (χ3n) is 4.57. The first kappa shape index (κ1) is 18.0. The standard InChI is InChI=1S/C20H21N5O3/c1-27-19-13-14(25-9-11-28-12-10-25)5-6-17(19)23-20(26)18-4-2-3-15(22-18)16-7-8-21-24-16/h2-8,13H,9-12H2,1H3,(H,21,24)(H,23,26). The van der Waals surface area contributed by atoms with Gasteiger partial charge >= 0.3 is 0 Å². The number of hydrogen-bond acceptors (Lipinski definition) is 6. The van der Waals surface area contributed by atoms with Crippen molar-refractivity contribution in [3.05, 3.63) is 54.4 Å². The number of hydrogen-bond donors (Lipinski definition) is 2. The van der Waals surface area contributed by atoms with Crippen molar-refractivity contribution in [2.24, 2.45) is 0 Å². The van der Waals surface area contributed by atoms with E-state index in [4.69, 9.17) is 9.47 Å². The molecule has 2 aromatic heterocycles. The number of anilines is 2. The number of ether oxygens (including phenoxy) is 2. The van der Waals surface area contributed by atoms with Crippen LogP contribution in [0.15, 0.2) is 48.7 Å². The molecule has 0 unspecified atom stereocenters. The van der Waals surface area contributed by atoms with E-state index in [0.717, 1.165) is 24.5 Å². The van der Waals surface area contributed by atoms with Gasteiger partial charge in [0.2, 0.25) is 0 Å². The molecular formula is C20H21N5O3. The molecule has 1 saturated heterocycles. The summed E-state index contributed by atoms with van der Waals surface area (Å²) >= 11 is 0. The molecule has 8 nitrogen and oxygen atoms in total. The predicted molar refractivity (Wildman–Crippen MR) is 106 cm³/mol. The molecule has 0 spiro atoms. The number of nitrogens with zero attached hydrogens (tertiary/aromatic N) is 3. The molecule has 3 heterocycles. The number of carbonyl (C=O) groups excluding carboxylic acids is 1. The van der Waals surface area contributed by atoms with Gasteiger partial charge in [0.25, 0.3) is 5.91 Å². The highest BCUT2D eigenvalue weighted by molar-refractivity contribution is 6.04. The highest BCUT2D eigenvalue weighted by Crippen LogP contribution is 2.30. The summed E-state index contributed by atoms with van der Waals surface area (Å²) in [5, 5.41) is 9.65. The number of rotatable bonds is 5. The molecule has 4 rings (SSSR count). The zero-order valence-corrected chi connectivity index (χ0v) is 15.5. The highest BCUT2D eigenvalue weighted by atomic mass is 16.5. The van der Waals surface area contributed by atoms with Crippen LogP contribution < -0.4 is 15.0 Å². The molecule has 1 aliphatic rings. The van der Waals surface area contributed by atoms with E-state index in [0.29, 0.717) is 36.0 Å². The van der Waals surface area contributed by atoms with Crippen molar-refractivity contribution < 1.29 is 14.3 Å². The Morgan fingerprint density at radius 1 is 1.21 bits per heavy atom. The second-order valence-electron chi connectivity index (χ2n) is 6.32. The number of aromatic nitrogens is 3. The quantitative estimate of drug-likeness (QED) is 0.708. The second-order valence-corrected chi connectivity index (χ2v) is 6.32. The summed E-state index contributed by atoms with van der Waals surface area (Å²) in [7, 11) is 1.59. The van der Waals surface area contributed by atoms with E-state index >= 15 is 0 Å². The van der Waals surface area contributed by atoms with Crippen molar-refractivity contribution in [2.45, 2.75) is 0 Å². The third-order valence-corrected chi connectivity index (χ3v) is 4.57. The first-order valence-electron chi connectivity index (χ1n) is 9.03. The van der Waals surface area contributed by atoms with Crippen molar-refractivity contribution in [1.82, 2.24) is 15.2 Å². The minimum Gasteiger partial charge on any atom is -0.494 e. The minimum atomic E-state index is -0.307. The molecule has 0 radical (unpaired) electrons. The lowest BCUT2D eigenvalue weighted by Gasteiger charge is -2.29. The lowest BCUT2D eigenvalue weighted by Crippen LogP contribution is -2.36. The number of morpholine rings is 1. The number of amides is 1. The zero-order chi connectivity index (χ0) is 19.3. The fourth-order valence-electron chi connectivity index (χ4n) is 3.10. The predicted octanol–water partition coefficient (Wildman–Crippen LogP) is 2.57. The van der Waals surface area contributed by atoms with Gasteiger partial charge < -0.3 is 19.7 Å². The lowest BCUT2D eigenvalue weighted by atomic mass is 10.2. The largest absolute Gasteiger partial charge is 0.494 e. The average molecular weight is 379 g/mol. The van der Waals surface area contributed by atoms with Crippen LogP contribution in [-0.2, 0) is 4.74 Å². The van der Waals surface area contributed by atoms with Crippen LogP contribution in [0.1, 0.15) is 10.5 Å². The Labute approximate surface area is 162 Å². The smallest absolute Gasteiger partial charge is 0.274 e. The fraction of sp³-hybridized carbons (Fsp3) is 0.250. The van der Waals surface area contributed by atoms with Gasteiger partial charge in [-0.15, -0.1) is 0 Å². The molecule has 1 amide bonds. The van der Waals surface area contributed by atoms with Gasteiger partial charge in [0.15, 0.2) is 0 Å². The minimum absolute atomic E-state index is 0.307. The Morgan fingerprint density at radius 2 is 2.07 bits per heavy atom. The van der Waals surface area contributed by atoms with Crippen molar-refractivity contribution in [3.63, 3.8) is 0 Å². The van der Waals surface area contributed by atoms with Gasteiger partial charge in [0.1, 0.15) is 11.4 Å². The number of aromatic amines is 1. The highest BCUT2D eigenvalue weighted by Gasteiger charge is 2.16. The number of benzene rings is 1. The van der Waals surface area contributed by atoms with Gasteiger partial charge in [-0.2, -0.15) is 5.10 Å². The maximum absolute atomic E-state index is 12.7. The zero-order valence-electron chi connectivity index (χ0n) is 15.5.